The lowest BCUT2D eigenvalue weighted by molar-refractivity contribution is 0.00278. The predicted molar refractivity (Wildman–Crippen MR) is 58.4 cm³/mol. The quantitative estimate of drug-likeness (QED) is 0.675. The summed E-state index contributed by atoms with van der Waals surface area (Å²) in [6, 6.07) is 3.05. The molecule has 1 amide bonds. The molecule has 0 spiro atoms. The van der Waals surface area contributed by atoms with Crippen LogP contribution in [0.3, 0.4) is 0 Å². The van der Waals surface area contributed by atoms with E-state index in [0.717, 1.165) is 0 Å². The first-order chi connectivity index (χ1) is 7.72. The maximum Gasteiger partial charge on any atom is 0.261 e. The SMILES string of the molecule is O=C(NC1COC(CO)C1O)c1cccs1. The Labute approximate surface area is 96.7 Å². The van der Waals surface area contributed by atoms with Crippen molar-refractivity contribution in [3.05, 3.63) is 22.4 Å². The summed E-state index contributed by atoms with van der Waals surface area (Å²) in [7, 11) is 0. The second-order valence-corrected chi connectivity index (χ2v) is 4.55. The highest BCUT2D eigenvalue weighted by Crippen LogP contribution is 2.15. The van der Waals surface area contributed by atoms with Gasteiger partial charge in [-0.25, -0.2) is 0 Å². The third-order valence-electron chi connectivity index (χ3n) is 2.52. The van der Waals surface area contributed by atoms with Crippen molar-refractivity contribution in [3.8, 4) is 0 Å². The first kappa shape index (κ1) is 11.5. The summed E-state index contributed by atoms with van der Waals surface area (Å²) in [4.78, 5) is 12.3. The van der Waals surface area contributed by atoms with Gasteiger partial charge in [0.2, 0.25) is 0 Å². The first-order valence-electron chi connectivity index (χ1n) is 4.97. The normalized spacial score (nSPS) is 29.2. The highest BCUT2D eigenvalue weighted by atomic mass is 32.1. The van der Waals surface area contributed by atoms with Crippen LogP contribution in [0.25, 0.3) is 0 Å². The van der Waals surface area contributed by atoms with Crippen LogP contribution in [0.15, 0.2) is 17.5 Å². The number of aliphatic hydroxyl groups is 2. The molecule has 0 saturated carbocycles. The van der Waals surface area contributed by atoms with Gasteiger partial charge in [0.25, 0.3) is 5.91 Å². The molecule has 1 fully saturated rings. The third kappa shape index (κ3) is 2.25. The second kappa shape index (κ2) is 4.92. The van der Waals surface area contributed by atoms with Gasteiger partial charge in [0.05, 0.1) is 24.1 Å². The molecule has 3 atom stereocenters. The van der Waals surface area contributed by atoms with E-state index >= 15 is 0 Å². The number of carbonyl (C=O) groups excluding carboxylic acids is 1. The van der Waals surface area contributed by atoms with Crippen molar-refractivity contribution < 1.29 is 19.7 Å². The summed E-state index contributed by atoms with van der Waals surface area (Å²) >= 11 is 1.34. The van der Waals surface area contributed by atoms with Crippen molar-refractivity contribution in [3.63, 3.8) is 0 Å². The number of aliphatic hydroxyl groups excluding tert-OH is 2. The van der Waals surface area contributed by atoms with Crippen molar-refractivity contribution in [2.45, 2.75) is 18.2 Å². The topological polar surface area (TPSA) is 78.8 Å². The molecule has 1 aliphatic rings. The number of hydrogen-bond donors (Lipinski definition) is 3. The van der Waals surface area contributed by atoms with Crippen molar-refractivity contribution >= 4 is 17.2 Å². The molecule has 1 aromatic rings. The fourth-order valence-corrected chi connectivity index (χ4v) is 2.25. The average Bonchev–Trinajstić information content (AvgIpc) is 2.89. The molecule has 1 saturated heterocycles. The molecular weight excluding hydrogens is 230 g/mol. The lowest BCUT2D eigenvalue weighted by Crippen LogP contribution is -2.44. The van der Waals surface area contributed by atoms with Crippen LogP contribution in [-0.2, 0) is 4.74 Å². The lowest BCUT2D eigenvalue weighted by Gasteiger charge is -2.16. The van der Waals surface area contributed by atoms with E-state index in [1.807, 2.05) is 5.38 Å². The molecule has 5 nitrogen and oxygen atoms in total. The van der Waals surface area contributed by atoms with Crippen molar-refractivity contribution in [1.82, 2.24) is 5.32 Å². The van der Waals surface area contributed by atoms with Gasteiger partial charge in [-0.2, -0.15) is 0 Å². The molecule has 0 bridgehead atoms. The Balaban J connectivity index is 1.94. The molecule has 1 aliphatic heterocycles. The highest BCUT2D eigenvalue weighted by molar-refractivity contribution is 7.12. The average molecular weight is 243 g/mol. The maximum atomic E-state index is 11.7. The molecule has 3 N–H and O–H groups in total. The predicted octanol–water partition coefficient (Wildman–Crippen LogP) is -0.401. The second-order valence-electron chi connectivity index (χ2n) is 3.60. The molecule has 6 heteroatoms. The van der Waals surface area contributed by atoms with Crippen LogP contribution in [0.4, 0.5) is 0 Å². The molecule has 0 radical (unpaired) electrons. The summed E-state index contributed by atoms with van der Waals surface area (Å²) < 4.78 is 5.13. The smallest absolute Gasteiger partial charge is 0.261 e. The number of carbonyl (C=O) groups is 1. The van der Waals surface area contributed by atoms with Crippen LogP contribution in [0, 0.1) is 0 Å². The fourth-order valence-electron chi connectivity index (χ4n) is 1.62. The first-order valence-corrected chi connectivity index (χ1v) is 5.85. The number of nitrogens with one attached hydrogen (secondary N) is 1. The number of amides is 1. The summed E-state index contributed by atoms with van der Waals surface area (Å²) in [5.41, 5.74) is 0. The van der Waals surface area contributed by atoms with Gasteiger partial charge in [0.1, 0.15) is 12.2 Å². The van der Waals surface area contributed by atoms with Gasteiger partial charge in [-0.15, -0.1) is 11.3 Å². The van der Waals surface area contributed by atoms with Gasteiger partial charge in [0, 0.05) is 0 Å². The minimum absolute atomic E-state index is 0.221. The number of rotatable bonds is 3. The van der Waals surface area contributed by atoms with Gasteiger partial charge in [-0.05, 0) is 11.4 Å². The molecule has 3 unspecified atom stereocenters. The summed E-state index contributed by atoms with van der Waals surface area (Å²) in [6.07, 6.45) is -1.46. The van der Waals surface area contributed by atoms with Crippen molar-refractivity contribution in [2.24, 2.45) is 0 Å². The van der Waals surface area contributed by atoms with E-state index < -0.39 is 18.2 Å². The lowest BCUT2D eigenvalue weighted by atomic mass is 10.1. The Morgan fingerprint density at radius 1 is 1.69 bits per heavy atom. The maximum absolute atomic E-state index is 11.7. The Hall–Kier alpha value is -0.950. The van der Waals surface area contributed by atoms with Gasteiger partial charge in [0.15, 0.2) is 0 Å². The monoisotopic (exact) mass is 243 g/mol. The van der Waals surface area contributed by atoms with Crippen molar-refractivity contribution in [1.29, 1.82) is 0 Å². The van der Waals surface area contributed by atoms with Gasteiger partial charge in [-0.1, -0.05) is 6.07 Å². The summed E-state index contributed by atoms with van der Waals surface area (Å²) in [5.74, 6) is -0.221. The summed E-state index contributed by atoms with van der Waals surface area (Å²) in [5, 5.41) is 23.1. The minimum atomic E-state index is -0.853. The minimum Gasteiger partial charge on any atom is -0.394 e. The molecular formula is C10H13NO4S. The molecule has 2 heterocycles. The van der Waals surface area contributed by atoms with Crippen LogP contribution in [0.2, 0.25) is 0 Å². The summed E-state index contributed by atoms with van der Waals surface area (Å²) in [6.45, 7) is -0.0178. The van der Waals surface area contributed by atoms with E-state index in [4.69, 9.17) is 9.84 Å². The fraction of sp³-hybridized carbons (Fsp3) is 0.500. The van der Waals surface area contributed by atoms with Crippen LogP contribution in [0.5, 0.6) is 0 Å². The largest absolute Gasteiger partial charge is 0.394 e. The van der Waals surface area contributed by atoms with Crippen LogP contribution < -0.4 is 5.32 Å². The van der Waals surface area contributed by atoms with Gasteiger partial charge in [-0.3, -0.25) is 4.79 Å². The molecule has 2 rings (SSSR count). The van der Waals surface area contributed by atoms with E-state index in [0.29, 0.717) is 4.88 Å². The molecule has 0 aliphatic carbocycles. The molecule has 88 valence electrons. The van der Waals surface area contributed by atoms with E-state index in [-0.39, 0.29) is 19.1 Å². The van der Waals surface area contributed by atoms with E-state index in [1.165, 1.54) is 11.3 Å². The van der Waals surface area contributed by atoms with Crippen LogP contribution in [-0.4, -0.2) is 47.6 Å². The Morgan fingerprint density at radius 2 is 2.50 bits per heavy atom. The Kier molecular flexibility index (Phi) is 3.55. The van der Waals surface area contributed by atoms with Crippen LogP contribution >= 0.6 is 11.3 Å². The molecule has 16 heavy (non-hydrogen) atoms. The third-order valence-corrected chi connectivity index (χ3v) is 3.39. The van der Waals surface area contributed by atoms with E-state index in [2.05, 4.69) is 5.32 Å². The Morgan fingerprint density at radius 3 is 3.06 bits per heavy atom. The number of ether oxygens (including phenoxy) is 1. The van der Waals surface area contributed by atoms with Crippen LogP contribution in [0.1, 0.15) is 9.67 Å². The van der Waals surface area contributed by atoms with Gasteiger partial charge >= 0.3 is 0 Å². The van der Waals surface area contributed by atoms with E-state index in [1.54, 1.807) is 12.1 Å². The highest BCUT2D eigenvalue weighted by Gasteiger charge is 2.36. The Bertz CT molecular complexity index is 354. The standard InChI is InChI=1S/C10H13NO4S/c12-4-7-9(13)6(5-15-7)11-10(14)8-2-1-3-16-8/h1-3,6-7,9,12-13H,4-5H2,(H,11,14). The van der Waals surface area contributed by atoms with Gasteiger partial charge < -0.3 is 20.3 Å². The molecule has 1 aromatic heterocycles. The molecule has 0 aromatic carbocycles. The zero-order chi connectivity index (χ0) is 11.5. The number of thiophene rings is 1. The van der Waals surface area contributed by atoms with E-state index in [9.17, 15) is 9.90 Å². The zero-order valence-corrected chi connectivity index (χ0v) is 9.31. The number of hydrogen-bond acceptors (Lipinski definition) is 5. The van der Waals surface area contributed by atoms with Crippen molar-refractivity contribution in [2.75, 3.05) is 13.2 Å². The zero-order valence-electron chi connectivity index (χ0n) is 8.50.